The van der Waals surface area contributed by atoms with Gasteiger partial charge in [0.1, 0.15) is 16.8 Å². The van der Waals surface area contributed by atoms with Crippen molar-refractivity contribution in [1.82, 2.24) is 19.7 Å². The average molecular weight is 385 g/mol. The molecule has 10 nitrogen and oxygen atoms in total. The van der Waals surface area contributed by atoms with Gasteiger partial charge in [0.05, 0.1) is 31.6 Å². The van der Waals surface area contributed by atoms with E-state index in [0.717, 1.165) is 18.4 Å². The number of carbonyl (C=O) groups is 1. The lowest BCUT2D eigenvalue weighted by atomic mass is 10.1. The normalized spacial score (nSPS) is 12.1. The van der Waals surface area contributed by atoms with Gasteiger partial charge in [-0.25, -0.2) is 9.78 Å². The van der Waals surface area contributed by atoms with Gasteiger partial charge >= 0.3 is 5.97 Å². The molecular weight excluding hydrogens is 362 g/mol. The third-order valence-electron chi connectivity index (χ3n) is 4.28. The van der Waals surface area contributed by atoms with Crippen LogP contribution in [-0.4, -0.2) is 44.1 Å². The van der Waals surface area contributed by atoms with Crippen molar-refractivity contribution >= 4 is 28.8 Å². The number of hydrogen-bond acceptors (Lipinski definition) is 8. The Bertz CT molecular complexity index is 1000. The van der Waals surface area contributed by atoms with Crippen molar-refractivity contribution in [3.63, 3.8) is 0 Å². The Balaban J connectivity index is 2.01. The fourth-order valence-electron chi connectivity index (χ4n) is 2.97. The van der Waals surface area contributed by atoms with E-state index >= 15 is 0 Å². The summed E-state index contributed by atoms with van der Waals surface area (Å²) in [6, 6.07) is 4.70. The molecule has 10 heteroatoms. The number of methoxy groups -OCH3 is 1. The second-order valence-electron chi connectivity index (χ2n) is 6.34. The highest BCUT2D eigenvalue weighted by Crippen LogP contribution is 2.26. The molecule has 3 rings (SSSR count). The van der Waals surface area contributed by atoms with Crippen LogP contribution in [0.4, 0.5) is 11.8 Å². The van der Waals surface area contributed by atoms with Gasteiger partial charge in [0, 0.05) is 5.56 Å². The Kier molecular flexibility index (Phi) is 5.59. The van der Waals surface area contributed by atoms with Crippen LogP contribution in [0.1, 0.15) is 35.7 Å². The smallest absolute Gasteiger partial charge is 0.335 e. The molecule has 1 unspecified atom stereocenters. The van der Waals surface area contributed by atoms with Crippen LogP contribution in [0.3, 0.4) is 0 Å². The molecule has 0 amide bonds. The maximum absolute atomic E-state index is 11.2. The summed E-state index contributed by atoms with van der Waals surface area (Å²) < 4.78 is 7.05. The van der Waals surface area contributed by atoms with E-state index in [1.807, 2.05) is 6.92 Å². The van der Waals surface area contributed by atoms with Crippen LogP contribution in [0.15, 0.2) is 24.4 Å². The molecule has 28 heavy (non-hydrogen) atoms. The van der Waals surface area contributed by atoms with Gasteiger partial charge in [-0.3, -0.25) is 4.68 Å². The molecule has 0 saturated heterocycles. The quantitative estimate of drug-likeness (QED) is 0.424. The van der Waals surface area contributed by atoms with Crippen molar-refractivity contribution in [2.45, 2.75) is 32.5 Å². The lowest BCUT2D eigenvalue weighted by molar-refractivity contribution is 0.0696. The number of aromatic nitrogens is 4. The first-order chi connectivity index (χ1) is 13.4. The van der Waals surface area contributed by atoms with Gasteiger partial charge < -0.3 is 26.6 Å². The largest absolute Gasteiger partial charge is 0.496 e. The second kappa shape index (κ2) is 8.09. The standard InChI is InChI=1S/C18H23N7O3/c1-3-4-14(19)23-16-15-12(22-18(20)24-16)8-21-25(15)9-11-6-5-10(17(26)27)7-13(11)28-2/h5-8,14H,3-4,9,19H2,1-2H3,(H,26,27)(H3,20,22,23,24). The Morgan fingerprint density at radius 1 is 1.39 bits per heavy atom. The van der Waals surface area contributed by atoms with E-state index in [2.05, 4.69) is 20.4 Å². The van der Waals surface area contributed by atoms with E-state index in [-0.39, 0.29) is 17.7 Å². The zero-order valence-corrected chi connectivity index (χ0v) is 15.7. The number of carboxylic acid groups (broad SMARTS) is 1. The zero-order chi connectivity index (χ0) is 20.3. The number of aromatic carboxylic acids is 1. The number of carboxylic acids is 1. The first kappa shape index (κ1) is 19.4. The summed E-state index contributed by atoms with van der Waals surface area (Å²) in [7, 11) is 1.49. The highest BCUT2D eigenvalue weighted by Gasteiger charge is 2.17. The fourth-order valence-corrected chi connectivity index (χ4v) is 2.97. The van der Waals surface area contributed by atoms with Gasteiger partial charge in [0.15, 0.2) is 5.82 Å². The number of rotatable bonds is 8. The maximum atomic E-state index is 11.2. The van der Waals surface area contributed by atoms with E-state index in [4.69, 9.17) is 21.3 Å². The monoisotopic (exact) mass is 385 g/mol. The first-order valence-electron chi connectivity index (χ1n) is 8.84. The lowest BCUT2D eigenvalue weighted by Gasteiger charge is -2.16. The molecule has 0 aliphatic rings. The van der Waals surface area contributed by atoms with Gasteiger partial charge in [-0.05, 0) is 18.6 Å². The fraction of sp³-hybridized carbons (Fsp3) is 0.333. The third-order valence-corrected chi connectivity index (χ3v) is 4.28. The molecule has 0 aliphatic heterocycles. The summed E-state index contributed by atoms with van der Waals surface area (Å²) in [6.45, 7) is 2.38. The summed E-state index contributed by atoms with van der Waals surface area (Å²) in [5.74, 6) is 0.0653. The molecule has 0 saturated carbocycles. The molecule has 0 spiro atoms. The number of nitrogen functional groups attached to an aromatic ring is 1. The molecule has 148 valence electrons. The molecule has 2 heterocycles. The van der Waals surface area contributed by atoms with Gasteiger partial charge in [-0.2, -0.15) is 10.1 Å². The van der Waals surface area contributed by atoms with Gasteiger partial charge in [-0.1, -0.05) is 19.4 Å². The highest BCUT2D eigenvalue weighted by molar-refractivity contribution is 5.88. The Morgan fingerprint density at radius 3 is 2.86 bits per heavy atom. The molecular formula is C18H23N7O3. The highest BCUT2D eigenvalue weighted by atomic mass is 16.5. The second-order valence-corrected chi connectivity index (χ2v) is 6.34. The van der Waals surface area contributed by atoms with Crippen molar-refractivity contribution in [2.75, 3.05) is 18.2 Å². The van der Waals surface area contributed by atoms with Crippen molar-refractivity contribution in [3.05, 3.63) is 35.5 Å². The number of nitrogens with one attached hydrogen (secondary N) is 1. The molecule has 1 aromatic carbocycles. The Hall–Kier alpha value is -3.40. The molecule has 2 aromatic heterocycles. The van der Waals surface area contributed by atoms with Crippen LogP contribution in [0, 0.1) is 0 Å². The Morgan fingerprint density at radius 2 is 2.18 bits per heavy atom. The topological polar surface area (TPSA) is 154 Å². The number of nitrogens with two attached hydrogens (primary N) is 2. The number of anilines is 2. The number of hydrogen-bond donors (Lipinski definition) is 4. The predicted molar refractivity (Wildman–Crippen MR) is 105 cm³/mol. The minimum atomic E-state index is -1.02. The number of fused-ring (bicyclic) bond motifs is 1. The predicted octanol–water partition coefficient (Wildman–Crippen LogP) is 1.66. The summed E-state index contributed by atoms with van der Waals surface area (Å²) >= 11 is 0. The first-order valence-corrected chi connectivity index (χ1v) is 8.84. The van der Waals surface area contributed by atoms with Crippen LogP contribution < -0.4 is 21.5 Å². The molecule has 0 fully saturated rings. The van der Waals surface area contributed by atoms with Crippen molar-refractivity contribution in [1.29, 1.82) is 0 Å². The molecule has 3 aromatic rings. The molecule has 1 atom stereocenters. The van der Waals surface area contributed by atoms with E-state index in [0.29, 0.717) is 29.1 Å². The molecule has 0 bridgehead atoms. The molecule has 0 radical (unpaired) electrons. The van der Waals surface area contributed by atoms with Crippen molar-refractivity contribution in [2.24, 2.45) is 5.73 Å². The van der Waals surface area contributed by atoms with Crippen molar-refractivity contribution in [3.8, 4) is 5.75 Å². The van der Waals surface area contributed by atoms with E-state index in [9.17, 15) is 4.79 Å². The van der Waals surface area contributed by atoms with Crippen LogP contribution in [0.5, 0.6) is 5.75 Å². The summed E-state index contributed by atoms with van der Waals surface area (Å²) in [4.78, 5) is 19.7. The van der Waals surface area contributed by atoms with Crippen LogP contribution in [0.25, 0.3) is 11.0 Å². The lowest BCUT2D eigenvalue weighted by Crippen LogP contribution is -2.30. The van der Waals surface area contributed by atoms with Crippen LogP contribution in [0.2, 0.25) is 0 Å². The summed E-state index contributed by atoms with van der Waals surface area (Å²) in [5.41, 5.74) is 14.1. The van der Waals surface area contributed by atoms with Crippen LogP contribution >= 0.6 is 0 Å². The zero-order valence-electron chi connectivity index (χ0n) is 15.7. The summed E-state index contributed by atoms with van der Waals surface area (Å²) in [6.07, 6.45) is 3.01. The van der Waals surface area contributed by atoms with Crippen LogP contribution in [-0.2, 0) is 6.54 Å². The van der Waals surface area contributed by atoms with Gasteiger partial charge in [0.25, 0.3) is 0 Å². The van der Waals surface area contributed by atoms with Gasteiger partial charge in [-0.15, -0.1) is 0 Å². The third kappa shape index (κ3) is 3.96. The minimum Gasteiger partial charge on any atom is -0.496 e. The van der Waals surface area contributed by atoms with E-state index in [1.165, 1.54) is 19.2 Å². The van der Waals surface area contributed by atoms with E-state index in [1.54, 1.807) is 16.9 Å². The minimum absolute atomic E-state index is 0.127. The average Bonchev–Trinajstić information content (AvgIpc) is 3.04. The van der Waals surface area contributed by atoms with Gasteiger partial charge in [0.2, 0.25) is 5.95 Å². The molecule has 0 aliphatic carbocycles. The Labute approximate surface area is 161 Å². The number of benzene rings is 1. The van der Waals surface area contributed by atoms with E-state index < -0.39 is 5.97 Å². The maximum Gasteiger partial charge on any atom is 0.335 e. The SMILES string of the molecule is CCCC(N)Nc1nc(N)nc2cnn(Cc3ccc(C(=O)O)cc3OC)c12. The number of ether oxygens (including phenoxy) is 1. The number of nitrogens with zero attached hydrogens (tertiary/aromatic N) is 4. The van der Waals surface area contributed by atoms with Crippen molar-refractivity contribution < 1.29 is 14.6 Å². The summed E-state index contributed by atoms with van der Waals surface area (Å²) in [5, 5.41) is 16.7. The molecule has 6 N–H and O–H groups in total.